The molecule has 0 aliphatic heterocycles. The van der Waals surface area contributed by atoms with Crippen molar-refractivity contribution in [1.82, 2.24) is 14.8 Å². The van der Waals surface area contributed by atoms with E-state index >= 15 is 0 Å². The van der Waals surface area contributed by atoms with Crippen molar-refractivity contribution in [3.05, 3.63) is 71.2 Å². The number of carbonyl (C=O) groups excluding carboxylic acids is 2. The van der Waals surface area contributed by atoms with E-state index in [-0.39, 0.29) is 22.5 Å². The Morgan fingerprint density at radius 1 is 1.07 bits per heavy atom. The third-order valence-corrected chi connectivity index (χ3v) is 3.77. The summed E-state index contributed by atoms with van der Waals surface area (Å²) < 4.78 is 6.28. The number of aromatic nitrogens is 3. The molecular weight excluding hydrogens is 360 g/mol. The Morgan fingerprint density at radius 2 is 1.86 bits per heavy atom. The fourth-order valence-electron chi connectivity index (χ4n) is 2.38. The average Bonchev–Trinajstić information content (AvgIpc) is 3.22. The van der Waals surface area contributed by atoms with Crippen LogP contribution in [0.3, 0.4) is 0 Å². The summed E-state index contributed by atoms with van der Waals surface area (Å²) in [5.74, 6) is -0.827. The molecule has 0 aliphatic carbocycles. The molecule has 0 bridgehead atoms. The minimum atomic E-state index is -0.651. The van der Waals surface area contributed by atoms with Crippen LogP contribution in [0.5, 0.6) is 0 Å². The summed E-state index contributed by atoms with van der Waals surface area (Å²) in [5, 5.41) is 28.3. The van der Waals surface area contributed by atoms with Crippen LogP contribution in [0.15, 0.2) is 48.8 Å². The van der Waals surface area contributed by atoms with Crippen LogP contribution in [-0.2, 0) is 4.74 Å². The van der Waals surface area contributed by atoms with Crippen LogP contribution in [0.1, 0.15) is 32.0 Å². The number of nitrogens with zero attached hydrogens (tertiary/aromatic N) is 5. The van der Waals surface area contributed by atoms with Gasteiger partial charge in [-0.3, -0.25) is 4.79 Å². The molecule has 0 atom stereocenters. The number of carbonyl (C=O) groups is 2. The topological polar surface area (TPSA) is 134 Å². The smallest absolute Gasteiger partial charge is 0.339 e. The Morgan fingerprint density at radius 3 is 2.46 bits per heavy atom. The summed E-state index contributed by atoms with van der Waals surface area (Å²) in [5.41, 5.74) is 0.984. The summed E-state index contributed by atoms with van der Waals surface area (Å²) in [6, 6.07) is 12.8. The molecule has 9 heteroatoms. The van der Waals surface area contributed by atoms with E-state index in [0.29, 0.717) is 11.4 Å². The third kappa shape index (κ3) is 3.69. The highest BCUT2D eigenvalue weighted by atomic mass is 16.5. The zero-order chi connectivity index (χ0) is 20.1. The molecule has 0 radical (unpaired) electrons. The molecule has 0 saturated carbocycles. The summed E-state index contributed by atoms with van der Waals surface area (Å²) in [7, 11) is 1.22. The van der Waals surface area contributed by atoms with E-state index in [4.69, 9.17) is 10.5 Å². The highest BCUT2D eigenvalue weighted by Gasteiger charge is 2.17. The lowest BCUT2D eigenvalue weighted by Crippen LogP contribution is -2.17. The Hall–Kier alpha value is -4.50. The number of amides is 1. The van der Waals surface area contributed by atoms with Crippen LogP contribution in [0.4, 0.5) is 5.69 Å². The van der Waals surface area contributed by atoms with Crippen molar-refractivity contribution in [1.29, 1.82) is 10.5 Å². The fraction of sp³-hybridized carbons (Fsp3) is 0.0526. The largest absolute Gasteiger partial charge is 0.465 e. The summed E-state index contributed by atoms with van der Waals surface area (Å²) in [6.07, 6.45) is 3.23. The number of nitriles is 2. The first kappa shape index (κ1) is 18.3. The van der Waals surface area contributed by atoms with E-state index in [2.05, 4.69) is 20.3 Å². The summed E-state index contributed by atoms with van der Waals surface area (Å²) in [4.78, 5) is 24.3. The van der Waals surface area contributed by atoms with Gasteiger partial charge in [0.1, 0.15) is 6.07 Å². The summed E-state index contributed by atoms with van der Waals surface area (Å²) >= 11 is 0. The van der Waals surface area contributed by atoms with Gasteiger partial charge in [-0.1, -0.05) is 0 Å². The standard InChI is InChI=1S/C19H12N6O3/c1-28-19(27)14-3-2-12(9-20)8-16(14)22-18(26)15-4-5-17(24-23-15)25-7-6-13(10-21)11-25/h2-8,11H,1H3,(H,22,26). The van der Waals surface area contributed by atoms with Crippen molar-refractivity contribution in [3.8, 4) is 18.0 Å². The van der Waals surface area contributed by atoms with Gasteiger partial charge in [0.15, 0.2) is 11.5 Å². The van der Waals surface area contributed by atoms with Crippen molar-refractivity contribution in [2.45, 2.75) is 0 Å². The summed E-state index contributed by atoms with van der Waals surface area (Å²) in [6.45, 7) is 0. The second kappa shape index (κ2) is 7.81. The van der Waals surface area contributed by atoms with Crippen LogP contribution in [0, 0.1) is 22.7 Å². The Kier molecular flexibility index (Phi) is 5.10. The number of methoxy groups -OCH3 is 1. The lowest BCUT2D eigenvalue weighted by molar-refractivity contribution is 0.0602. The number of esters is 1. The molecule has 0 spiro atoms. The number of hydrogen-bond donors (Lipinski definition) is 1. The number of rotatable bonds is 4. The van der Waals surface area contributed by atoms with E-state index in [0.717, 1.165) is 0 Å². The zero-order valence-corrected chi connectivity index (χ0v) is 14.6. The molecule has 3 rings (SSSR count). The maximum absolute atomic E-state index is 12.5. The van der Waals surface area contributed by atoms with Gasteiger partial charge < -0.3 is 14.6 Å². The van der Waals surface area contributed by atoms with Gasteiger partial charge in [0.2, 0.25) is 0 Å². The van der Waals surface area contributed by atoms with Crippen molar-refractivity contribution in [2.75, 3.05) is 12.4 Å². The predicted molar refractivity (Wildman–Crippen MR) is 96.5 cm³/mol. The quantitative estimate of drug-likeness (QED) is 0.693. The SMILES string of the molecule is COC(=O)c1ccc(C#N)cc1NC(=O)c1ccc(-n2ccc(C#N)c2)nn1. The van der Waals surface area contributed by atoms with Gasteiger partial charge in [-0.2, -0.15) is 10.5 Å². The molecule has 28 heavy (non-hydrogen) atoms. The molecule has 2 aromatic heterocycles. The second-order valence-electron chi connectivity index (χ2n) is 5.51. The molecule has 0 saturated heterocycles. The van der Waals surface area contributed by atoms with E-state index < -0.39 is 11.9 Å². The molecule has 2 heterocycles. The van der Waals surface area contributed by atoms with Crippen LogP contribution in [-0.4, -0.2) is 33.8 Å². The van der Waals surface area contributed by atoms with Gasteiger partial charge in [-0.15, -0.1) is 10.2 Å². The maximum Gasteiger partial charge on any atom is 0.339 e. The van der Waals surface area contributed by atoms with Gasteiger partial charge in [-0.25, -0.2) is 4.79 Å². The van der Waals surface area contributed by atoms with Crippen LogP contribution in [0.2, 0.25) is 0 Å². The molecule has 9 nitrogen and oxygen atoms in total. The molecule has 1 N–H and O–H groups in total. The normalized spacial score (nSPS) is 9.82. The first-order valence-electron chi connectivity index (χ1n) is 7.91. The van der Waals surface area contributed by atoms with Gasteiger partial charge in [0, 0.05) is 12.4 Å². The second-order valence-corrected chi connectivity index (χ2v) is 5.51. The van der Waals surface area contributed by atoms with Crippen molar-refractivity contribution >= 4 is 17.6 Å². The minimum Gasteiger partial charge on any atom is -0.465 e. The fourth-order valence-corrected chi connectivity index (χ4v) is 2.38. The average molecular weight is 372 g/mol. The van der Waals surface area contributed by atoms with Crippen molar-refractivity contribution < 1.29 is 14.3 Å². The van der Waals surface area contributed by atoms with E-state index in [1.54, 1.807) is 29.1 Å². The molecule has 3 aromatic rings. The Bertz CT molecular complexity index is 1140. The van der Waals surface area contributed by atoms with E-state index in [1.165, 1.54) is 31.4 Å². The van der Waals surface area contributed by atoms with Crippen LogP contribution >= 0.6 is 0 Å². The molecule has 1 aromatic carbocycles. The predicted octanol–water partition coefficient (Wildman–Crippen LogP) is 2.05. The highest BCUT2D eigenvalue weighted by molar-refractivity contribution is 6.07. The third-order valence-electron chi connectivity index (χ3n) is 3.77. The monoisotopic (exact) mass is 372 g/mol. The van der Waals surface area contributed by atoms with Gasteiger partial charge >= 0.3 is 5.97 Å². The van der Waals surface area contributed by atoms with Gasteiger partial charge in [0.05, 0.1) is 35.6 Å². The Balaban J connectivity index is 1.84. The molecule has 0 unspecified atom stereocenters. The number of anilines is 1. The zero-order valence-electron chi connectivity index (χ0n) is 14.6. The van der Waals surface area contributed by atoms with Crippen LogP contribution < -0.4 is 5.32 Å². The Labute approximate surface area is 159 Å². The lowest BCUT2D eigenvalue weighted by atomic mass is 10.1. The molecule has 0 fully saturated rings. The van der Waals surface area contributed by atoms with Crippen molar-refractivity contribution in [3.63, 3.8) is 0 Å². The van der Waals surface area contributed by atoms with Gasteiger partial charge in [-0.05, 0) is 36.4 Å². The minimum absolute atomic E-state index is 0.00888. The number of benzene rings is 1. The molecule has 136 valence electrons. The maximum atomic E-state index is 12.5. The number of hydrogen-bond acceptors (Lipinski definition) is 7. The van der Waals surface area contributed by atoms with Gasteiger partial charge in [0.25, 0.3) is 5.91 Å². The van der Waals surface area contributed by atoms with Crippen LogP contribution in [0.25, 0.3) is 5.82 Å². The number of ether oxygens (including phenoxy) is 1. The molecular formula is C19H12N6O3. The van der Waals surface area contributed by atoms with Crippen molar-refractivity contribution in [2.24, 2.45) is 0 Å². The van der Waals surface area contributed by atoms with E-state index in [9.17, 15) is 9.59 Å². The first-order valence-corrected chi connectivity index (χ1v) is 7.91. The molecule has 1 amide bonds. The van der Waals surface area contributed by atoms with E-state index in [1.807, 2.05) is 12.1 Å². The lowest BCUT2D eigenvalue weighted by Gasteiger charge is -2.10. The molecule has 0 aliphatic rings. The highest BCUT2D eigenvalue weighted by Crippen LogP contribution is 2.19. The first-order chi connectivity index (χ1) is 13.5. The number of nitrogens with one attached hydrogen (secondary N) is 1.